The largest absolute Gasteiger partial charge is 0.355 e. The molecule has 0 saturated carbocycles. The highest BCUT2D eigenvalue weighted by Gasteiger charge is 2.13. The van der Waals surface area contributed by atoms with Gasteiger partial charge in [-0.15, -0.1) is 10.2 Å². The minimum Gasteiger partial charge on any atom is -0.355 e. The Labute approximate surface area is 153 Å². The summed E-state index contributed by atoms with van der Waals surface area (Å²) in [5.41, 5.74) is 1.71. The van der Waals surface area contributed by atoms with E-state index in [0.29, 0.717) is 23.9 Å². The van der Waals surface area contributed by atoms with Crippen LogP contribution in [0.5, 0.6) is 0 Å². The van der Waals surface area contributed by atoms with Crippen molar-refractivity contribution in [1.29, 1.82) is 0 Å². The molecular weight excluding hydrogens is 355 g/mol. The van der Waals surface area contributed by atoms with E-state index >= 15 is 0 Å². The highest BCUT2D eigenvalue weighted by Crippen LogP contribution is 2.20. The summed E-state index contributed by atoms with van der Waals surface area (Å²) in [5.74, 6) is 6.24. The predicted molar refractivity (Wildman–Crippen MR) is 97.2 cm³/mol. The van der Waals surface area contributed by atoms with Gasteiger partial charge in [-0.2, -0.15) is 0 Å². The van der Waals surface area contributed by atoms with E-state index in [0.717, 1.165) is 11.1 Å². The molecule has 0 aliphatic heterocycles. The quantitative estimate of drug-likeness (QED) is 0.483. The van der Waals surface area contributed by atoms with Gasteiger partial charge >= 0.3 is 0 Å². The summed E-state index contributed by atoms with van der Waals surface area (Å²) in [4.78, 5) is 16.0. The molecule has 2 aromatic heterocycles. The number of carbonyl (C=O) groups is 1. The molecule has 9 heteroatoms. The molecule has 0 spiro atoms. The lowest BCUT2D eigenvalue weighted by Gasteiger charge is -2.06. The number of pyridine rings is 1. The maximum atomic E-state index is 12.8. The first-order valence-corrected chi connectivity index (χ1v) is 8.87. The minimum atomic E-state index is -0.272. The number of aromatic nitrogens is 4. The number of hydrogen-bond donors (Lipinski definition) is 2. The number of halogens is 1. The fraction of sp³-hybridized carbons (Fsp3) is 0.176. The second kappa shape index (κ2) is 8.43. The Balaban J connectivity index is 1.47. The van der Waals surface area contributed by atoms with Gasteiger partial charge in [-0.25, -0.2) is 9.07 Å². The summed E-state index contributed by atoms with van der Waals surface area (Å²) in [6.07, 6.45) is 3.94. The van der Waals surface area contributed by atoms with Crippen molar-refractivity contribution < 1.29 is 9.18 Å². The molecule has 0 atom stereocenters. The number of benzene rings is 1. The van der Waals surface area contributed by atoms with E-state index in [1.165, 1.54) is 28.6 Å². The van der Waals surface area contributed by atoms with Crippen molar-refractivity contribution in [1.82, 2.24) is 25.2 Å². The number of nitrogens with zero attached hydrogens (tertiary/aromatic N) is 4. The highest BCUT2D eigenvalue weighted by molar-refractivity contribution is 7.99. The molecule has 26 heavy (non-hydrogen) atoms. The summed E-state index contributed by atoms with van der Waals surface area (Å²) in [6, 6.07) is 9.82. The Morgan fingerprint density at radius 1 is 1.23 bits per heavy atom. The van der Waals surface area contributed by atoms with Gasteiger partial charge in [0.1, 0.15) is 5.82 Å². The van der Waals surface area contributed by atoms with Gasteiger partial charge in [-0.1, -0.05) is 23.9 Å². The van der Waals surface area contributed by atoms with Gasteiger partial charge in [0.05, 0.1) is 5.75 Å². The van der Waals surface area contributed by atoms with Crippen LogP contribution in [0.25, 0.3) is 11.4 Å². The zero-order chi connectivity index (χ0) is 18.4. The number of nitrogens with one attached hydrogen (secondary N) is 1. The topological polar surface area (TPSA) is 98.7 Å². The molecule has 0 aliphatic carbocycles. The first-order chi connectivity index (χ1) is 12.6. The molecule has 3 rings (SSSR count). The molecule has 3 aromatic rings. The van der Waals surface area contributed by atoms with Crippen LogP contribution in [0.15, 0.2) is 53.9 Å². The van der Waals surface area contributed by atoms with E-state index in [1.54, 1.807) is 30.6 Å². The maximum absolute atomic E-state index is 12.8. The monoisotopic (exact) mass is 372 g/mol. The Morgan fingerprint density at radius 3 is 2.77 bits per heavy atom. The summed E-state index contributed by atoms with van der Waals surface area (Å²) >= 11 is 1.20. The molecule has 1 amide bonds. The molecule has 0 bridgehead atoms. The maximum Gasteiger partial charge on any atom is 0.230 e. The minimum absolute atomic E-state index is 0.136. The summed E-state index contributed by atoms with van der Waals surface area (Å²) < 4.78 is 14.2. The predicted octanol–water partition coefficient (Wildman–Crippen LogP) is 1.64. The van der Waals surface area contributed by atoms with Crippen LogP contribution >= 0.6 is 11.8 Å². The van der Waals surface area contributed by atoms with E-state index in [4.69, 9.17) is 5.84 Å². The number of hydrogen-bond acceptors (Lipinski definition) is 6. The molecule has 0 radical (unpaired) electrons. The second-order valence-corrected chi connectivity index (χ2v) is 6.38. The SMILES string of the molecule is Nn1c(SCC(=O)NCCc2ccc(F)cc2)nnc1-c1cccnc1. The van der Waals surface area contributed by atoms with Crippen LogP contribution in [-0.2, 0) is 11.2 Å². The molecular formula is C17H17FN6OS. The molecule has 134 valence electrons. The van der Waals surface area contributed by atoms with Gasteiger partial charge in [-0.3, -0.25) is 9.78 Å². The van der Waals surface area contributed by atoms with Crippen LogP contribution in [0.3, 0.4) is 0 Å². The molecule has 7 nitrogen and oxygen atoms in total. The standard InChI is InChI=1S/C17H17FN6OS/c18-14-5-3-12(4-6-14)7-9-21-15(25)11-26-17-23-22-16(24(17)19)13-2-1-8-20-10-13/h1-6,8,10H,7,9,11,19H2,(H,21,25). The second-order valence-electron chi connectivity index (χ2n) is 5.43. The fourth-order valence-electron chi connectivity index (χ4n) is 2.25. The van der Waals surface area contributed by atoms with Crippen molar-refractivity contribution in [2.24, 2.45) is 0 Å². The lowest BCUT2D eigenvalue weighted by Crippen LogP contribution is -2.27. The summed E-state index contributed by atoms with van der Waals surface area (Å²) in [5, 5.41) is 11.3. The van der Waals surface area contributed by atoms with Gasteiger partial charge in [0.25, 0.3) is 0 Å². The number of nitrogen functional groups attached to an aromatic ring is 1. The first-order valence-electron chi connectivity index (χ1n) is 7.88. The van der Waals surface area contributed by atoms with Gasteiger partial charge in [0.15, 0.2) is 5.82 Å². The third-order valence-corrected chi connectivity index (χ3v) is 4.51. The van der Waals surface area contributed by atoms with Gasteiger partial charge in [0, 0.05) is 24.5 Å². The van der Waals surface area contributed by atoms with Crippen molar-refractivity contribution in [2.75, 3.05) is 18.1 Å². The Hall–Kier alpha value is -2.94. The lowest BCUT2D eigenvalue weighted by atomic mass is 10.1. The zero-order valence-electron chi connectivity index (χ0n) is 13.8. The van der Waals surface area contributed by atoms with Crippen molar-refractivity contribution in [2.45, 2.75) is 11.6 Å². The molecule has 0 aliphatic rings. The summed E-state index contributed by atoms with van der Waals surface area (Å²) in [7, 11) is 0. The average molecular weight is 372 g/mol. The lowest BCUT2D eigenvalue weighted by molar-refractivity contribution is -0.118. The zero-order valence-corrected chi connectivity index (χ0v) is 14.6. The number of rotatable bonds is 7. The van der Waals surface area contributed by atoms with Gasteiger partial charge in [-0.05, 0) is 36.2 Å². The molecule has 0 fully saturated rings. The van der Waals surface area contributed by atoms with E-state index in [9.17, 15) is 9.18 Å². The molecule has 0 unspecified atom stereocenters. The van der Waals surface area contributed by atoms with Crippen LogP contribution in [0.4, 0.5) is 4.39 Å². The van der Waals surface area contributed by atoms with E-state index < -0.39 is 0 Å². The normalized spacial score (nSPS) is 10.7. The van der Waals surface area contributed by atoms with Crippen LogP contribution in [0, 0.1) is 5.82 Å². The van der Waals surface area contributed by atoms with Crippen LogP contribution in [-0.4, -0.2) is 38.1 Å². The van der Waals surface area contributed by atoms with E-state index in [-0.39, 0.29) is 17.5 Å². The highest BCUT2D eigenvalue weighted by atomic mass is 32.2. The van der Waals surface area contributed by atoms with Crippen LogP contribution in [0.2, 0.25) is 0 Å². The Kier molecular flexibility index (Phi) is 5.80. The van der Waals surface area contributed by atoms with Crippen molar-refractivity contribution in [3.63, 3.8) is 0 Å². The average Bonchev–Trinajstić information content (AvgIpc) is 3.03. The molecule has 2 heterocycles. The Morgan fingerprint density at radius 2 is 2.04 bits per heavy atom. The number of amides is 1. The van der Waals surface area contributed by atoms with Crippen molar-refractivity contribution >= 4 is 17.7 Å². The molecule has 1 aromatic carbocycles. The Bertz CT molecular complexity index is 869. The number of thioether (sulfide) groups is 1. The van der Waals surface area contributed by atoms with Crippen molar-refractivity contribution in [3.8, 4) is 11.4 Å². The fourth-order valence-corrected chi connectivity index (χ4v) is 2.93. The third-order valence-electron chi connectivity index (χ3n) is 3.57. The van der Waals surface area contributed by atoms with Crippen molar-refractivity contribution in [3.05, 3.63) is 60.2 Å². The van der Waals surface area contributed by atoms with Gasteiger partial charge in [0.2, 0.25) is 11.1 Å². The number of carbonyl (C=O) groups excluding carboxylic acids is 1. The third kappa shape index (κ3) is 4.57. The smallest absolute Gasteiger partial charge is 0.230 e. The first kappa shape index (κ1) is 17.9. The van der Waals surface area contributed by atoms with E-state index in [1.807, 2.05) is 6.07 Å². The van der Waals surface area contributed by atoms with Crippen LogP contribution < -0.4 is 11.2 Å². The van der Waals surface area contributed by atoms with Gasteiger partial charge < -0.3 is 11.2 Å². The number of nitrogens with two attached hydrogens (primary N) is 1. The molecule has 3 N–H and O–H groups in total. The van der Waals surface area contributed by atoms with E-state index in [2.05, 4.69) is 20.5 Å². The molecule has 0 saturated heterocycles. The summed E-state index contributed by atoms with van der Waals surface area (Å²) in [6.45, 7) is 0.473. The van der Waals surface area contributed by atoms with Crippen LogP contribution in [0.1, 0.15) is 5.56 Å².